The summed E-state index contributed by atoms with van der Waals surface area (Å²) in [5.74, 6) is -0.191. The molecule has 16 heteroatoms. The first-order chi connectivity index (χ1) is 18.8. The van der Waals surface area contributed by atoms with Crippen LogP contribution < -0.4 is 48.4 Å². The van der Waals surface area contributed by atoms with Gasteiger partial charge in [-0.3, -0.25) is 4.79 Å². The molecule has 0 saturated carbocycles. The Morgan fingerprint density at radius 2 is 1.83 bits per heavy atom. The number of rotatable bonds is 10. The number of methoxy groups -OCH3 is 1. The molecule has 41 heavy (non-hydrogen) atoms. The summed E-state index contributed by atoms with van der Waals surface area (Å²) in [5.41, 5.74) is 12.1. The predicted molar refractivity (Wildman–Crippen MR) is 147 cm³/mol. The van der Waals surface area contributed by atoms with Crippen LogP contribution >= 0.6 is 11.6 Å². The van der Waals surface area contributed by atoms with E-state index in [4.69, 9.17) is 37.3 Å². The molecule has 0 aliphatic carbocycles. The number of nitrogens with two attached hydrogens (primary N) is 2. The first-order valence-electron chi connectivity index (χ1n) is 12.4. The van der Waals surface area contributed by atoms with Crippen molar-refractivity contribution in [3.63, 3.8) is 0 Å². The molecule has 2 amide bonds. The average molecular weight is 658 g/mol. The van der Waals surface area contributed by atoms with Gasteiger partial charge in [0.1, 0.15) is 24.5 Å². The predicted octanol–water partition coefficient (Wildman–Crippen LogP) is -1.43. The minimum absolute atomic E-state index is 0. The van der Waals surface area contributed by atoms with Crippen molar-refractivity contribution in [2.24, 2.45) is 0 Å². The first-order valence-corrected chi connectivity index (χ1v) is 12.8. The zero-order valence-electron chi connectivity index (χ0n) is 23.4. The Bertz CT molecular complexity index is 1430. The van der Waals surface area contributed by atoms with E-state index in [1.165, 1.54) is 7.11 Å². The van der Waals surface area contributed by atoms with Crippen LogP contribution in [0.2, 0.25) is 5.15 Å². The number of carbonyl (C=O) groups excluding carboxylic acids is 3. The van der Waals surface area contributed by atoms with E-state index in [0.717, 1.165) is 5.52 Å². The number of halogens is 2. The molecule has 0 atom stereocenters. The van der Waals surface area contributed by atoms with E-state index in [1.54, 1.807) is 37.5 Å². The molecule has 3 rings (SSSR count). The van der Waals surface area contributed by atoms with Crippen molar-refractivity contribution in [1.29, 1.82) is 0 Å². The van der Waals surface area contributed by atoms with Gasteiger partial charge in [-0.05, 0) is 39.8 Å². The number of aromatic nitrogens is 4. The van der Waals surface area contributed by atoms with Crippen LogP contribution in [0.4, 0.5) is 16.4 Å². The summed E-state index contributed by atoms with van der Waals surface area (Å²) in [5, 5.41) is 5.25. The molecule has 3 aromatic rings. The Morgan fingerprint density at radius 1 is 1.12 bits per heavy atom. The third-order valence-corrected chi connectivity index (χ3v) is 5.83. The van der Waals surface area contributed by atoms with Crippen molar-refractivity contribution < 1.29 is 50.1 Å². The van der Waals surface area contributed by atoms with E-state index >= 15 is 0 Å². The minimum atomic E-state index is -0.620. The Hall–Kier alpha value is -3.85. The second-order valence-corrected chi connectivity index (χ2v) is 9.92. The smallest absolute Gasteiger partial charge is 0.407 e. The molecule has 0 unspecified atom stereocenters. The van der Waals surface area contributed by atoms with Crippen LogP contribution in [0.1, 0.15) is 44.0 Å². The number of esters is 1. The number of fused-ring (bicyclic) bond motifs is 1. The molecule has 0 radical (unpaired) electrons. The van der Waals surface area contributed by atoms with Crippen LogP contribution in [0.15, 0.2) is 18.2 Å². The molecule has 0 spiro atoms. The fourth-order valence-electron chi connectivity index (χ4n) is 3.86. The van der Waals surface area contributed by atoms with Crippen molar-refractivity contribution >= 4 is 52.2 Å². The summed E-state index contributed by atoms with van der Waals surface area (Å²) in [4.78, 5) is 44.7. The van der Waals surface area contributed by atoms with Crippen LogP contribution in [0.25, 0.3) is 11.0 Å². The Labute approximate surface area is 252 Å². The third kappa shape index (κ3) is 8.57. The summed E-state index contributed by atoms with van der Waals surface area (Å²) < 4.78 is 19.6. The molecule has 2 aromatic heterocycles. The Morgan fingerprint density at radius 3 is 2.46 bits per heavy atom. The highest BCUT2D eigenvalue weighted by Crippen LogP contribution is 2.22. The van der Waals surface area contributed by atoms with Crippen LogP contribution in [0.3, 0.4) is 0 Å². The monoisotopic (exact) mass is 656 g/mol. The summed E-state index contributed by atoms with van der Waals surface area (Å²) in [7, 11) is 1.30. The zero-order valence-corrected chi connectivity index (χ0v) is 25.8. The quantitative estimate of drug-likeness (QED) is 0.114. The SMILES string of the molecule is CCn1c(CNC(=O)c2nc(Cl)c(N)nc2N)[n+](CC(=O)OC)c2ccc(OCCNC(=O)OC(C)(C)C)cc21.[Br-]. The number of aryl methyl sites for hydroxylation is 1. The molecule has 2 heterocycles. The van der Waals surface area contributed by atoms with Gasteiger partial charge in [-0.15, -0.1) is 0 Å². The lowest BCUT2D eigenvalue weighted by Gasteiger charge is -2.19. The fourth-order valence-corrected chi connectivity index (χ4v) is 3.99. The van der Waals surface area contributed by atoms with E-state index in [-0.39, 0.29) is 65.7 Å². The second-order valence-electron chi connectivity index (χ2n) is 9.57. The van der Waals surface area contributed by atoms with E-state index in [9.17, 15) is 14.4 Å². The highest BCUT2D eigenvalue weighted by atomic mass is 79.9. The normalized spacial score (nSPS) is 11.0. The van der Waals surface area contributed by atoms with Gasteiger partial charge >= 0.3 is 12.1 Å². The summed E-state index contributed by atoms with van der Waals surface area (Å²) >= 11 is 5.92. The lowest BCUT2D eigenvalue weighted by molar-refractivity contribution is -0.669. The number of nitrogens with zero attached hydrogens (tertiary/aromatic N) is 4. The second kappa shape index (κ2) is 14.2. The van der Waals surface area contributed by atoms with Gasteiger partial charge in [0, 0.05) is 6.07 Å². The maximum absolute atomic E-state index is 12.9. The number of hydrogen-bond acceptors (Lipinski definition) is 10. The molecule has 0 saturated heterocycles. The minimum Gasteiger partial charge on any atom is -1.00 e. The molecule has 1 aromatic carbocycles. The van der Waals surface area contributed by atoms with Gasteiger partial charge in [-0.25, -0.2) is 28.7 Å². The summed E-state index contributed by atoms with van der Waals surface area (Å²) in [6.45, 7) is 8.14. The molecule has 224 valence electrons. The number of anilines is 2. The molecular formula is C25H34BrClN8O6. The van der Waals surface area contributed by atoms with Crippen LogP contribution in [0, 0.1) is 0 Å². The van der Waals surface area contributed by atoms with Crippen LogP contribution in [0.5, 0.6) is 5.75 Å². The van der Waals surface area contributed by atoms with E-state index in [1.807, 2.05) is 17.6 Å². The fraction of sp³-hybridized carbons (Fsp3) is 0.440. The van der Waals surface area contributed by atoms with Gasteiger partial charge in [0.25, 0.3) is 11.7 Å². The standard InChI is InChI=1S/C25H33ClN8O6.BrH/c1-6-33-16-11-14(39-10-9-29-24(37)40-25(2,3)4)7-8-15(16)34(13-18(35)38-5)17(33)12-30-23(36)19-21(27)32-22(28)20(26)31-19;/h7-8,11H,6,9-10,12-13H2,1-5H3,(H5-,27,28,29,30,32,36,37);1H. The Balaban J connectivity index is 0.00000588. The van der Waals surface area contributed by atoms with Gasteiger partial charge in [-0.1, -0.05) is 11.6 Å². The van der Waals surface area contributed by atoms with Gasteiger partial charge in [0.15, 0.2) is 40.1 Å². The van der Waals surface area contributed by atoms with E-state index < -0.39 is 23.6 Å². The molecule has 0 bridgehead atoms. The molecule has 0 fully saturated rings. The number of imidazole rings is 1. The highest BCUT2D eigenvalue weighted by molar-refractivity contribution is 6.31. The number of alkyl carbamates (subject to hydrolysis) is 1. The van der Waals surface area contributed by atoms with Crippen LogP contribution in [-0.2, 0) is 33.9 Å². The van der Waals surface area contributed by atoms with Gasteiger partial charge < -0.3 is 53.3 Å². The maximum Gasteiger partial charge on any atom is 0.407 e. The molecule has 14 nitrogen and oxygen atoms in total. The van der Waals surface area contributed by atoms with Crippen molar-refractivity contribution in [3.05, 3.63) is 34.9 Å². The number of hydrogen-bond donors (Lipinski definition) is 4. The lowest BCUT2D eigenvalue weighted by atomic mass is 10.2. The lowest BCUT2D eigenvalue weighted by Crippen LogP contribution is -3.00. The molecular weight excluding hydrogens is 624 g/mol. The number of nitrogens with one attached hydrogen (secondary N) is 2. The maximum atomic E-state index is 12.9. The number of benzene rings is 1. The number of nitrogen functional groups attached to an aromatic ring is 2. The van der Waals surface area contributed by atoms with Crippen molar-refractivity contribution in [3.8, 4) is 5.75 Å². The molecule has 6 N–H and O–H groups in total. The third-order valence-electron chi connectivity index (χ3n) is 5.55. The number of carbonyl (C=O) groups is 3. The summed E-state index contributed by atoms with van der Waals surface area (Å²) in [6, 6.07) is 5.36. The van der Waals surface area contributed by atoms with Gasteiger partial charge in [0.05, 0.1) is 20.2 Å². The zero-order chi connectivity index (χ0) is 29.6. The highest BCUT2D eigenvalue weighted by Gasteiger charge is 2.28. The topological polar surface area (TPSA) is 190 Å². The van der Waals surface area contributed by atoms with Gasteiger partial charge in [0.2, 0.25) is 0 Å². The van der Waals surface area contributed by atoms with E-state index in [2.05, 4.69) is 20.6 Å². The van der Waals surface area contributed by atoms with E-state index in [0.29, 0.717) is 23.6 Å². The Kier molecular flexibility index (Phi) is 11.5. The molecule has 0 aliphatic heterocycles. The van der Waals surface area contributed by atoms with Crippen LogP contribution in [-0.4, -0.2) is 58.4 Å². The first kappa shape index (κ1) is 33.4. The van der Waals surface area contributed by atoms with Crippen molar-refractivity contribution in [1.82, 2.24) is 25.2 Å². The molecule has 0 aliphatic rings. The average Bonchev–Trinajstić information content (AvgIpc) is 3.17. The largest absolute Gasteiger partial charge is 1.00 e. The van der Waals surface area contributed by atoms with Gasteiger partial charge in [-0.2, -0.15) is 0 Å². The number of amides is 2. The number of ether oxygens (including phenoxy) is 3. The summed E-state index contributed by atoms with van der Waals surface area (Å²) in [6.07, 6.45) is -0.532. The van der Waals surface area contributed by atoms with Crippen molar-refractivity contribution in [2.75, 3.05) is 31.7 Å². The van der Waals surface area contributed by atoms with Crippen molar-refractivity contribution in [2.45, 2.75) is 52.9 Å².